The second-order valence-electron chi connectivity index (χ2n) is 6.55. The first kappa shape index (κ1) is 25.5. The number of fused-ring (bicyclic) bond motifs is 3. The van der Waals surface area contributed by atoms with Crippen molar-refractivity contribution in [1.82, 2.24) is 10.3 Å². The Bertz CT molecular complexity index is 1140. The van der Waals surface area contributed by atoms with Crippen molar-refractivity contribution in [3.8, 4) is 0 Å². The van der Waals surface area contributed by atoms with E-state index in [-0.39, 0.29) is 12.2 Å². The number of nitrogens with one attached hydrogen (secondary N) is 2. The van der Waals surface area contributed by atoms with Crippen LogP contribution in [0.15, 0.2) is 18.2 Å². The fourth-order valence-corrected chi connectivity index (χ4v) is 4.27. The Morgan fingerprint density at radius 3 is 2.52 bits per heavy atom. The molecule has 0 bridgehead atoms. The number of anilines is 1. The molecule has 0 saturated heterocycles. The summed E-state index contributed by atoms with van der Waals surface area (Å²) >= 11 is 0. The summed E-state index contributed by atoms with van der Waals surface area (Å²) < 4.78 is 40.6. The highest BCUT2D eigenvalue weighted by Crippen LogP contribution is 2.47. The van der Waals surface area contributed by atoms with Crippen molar-refractivity contribution in [2.24, 2.45) is 5.73 Å². The Morgan fingerprint density at radius 1 is 1.15 bits per heavy atom. The highest BCUT2D eigenvalue weighted by atomic mass is 31.2. The molecule has 33 heavy (non-hydrogen) atoms. The summed E-state index contributed by atoms with van der Waals surface area (Å²) in [5, 5.41) is 11.8. The van der Waals surface area contributed by atoms with E-state index in [1.54, 1.807) is 18.2 Å². The first-order chi connectivity index (χ1) is 15.6. The van der Waals surface area contributed by atoms with Gasteiger partial charge in [-0.15, -0.1) is 0 Å². The molecule has 0 aliphatic carbocycles. The highest BCUT2D eigenvalue weighted by Gasteiger charge is 2.31. The molecule has 1 aromatic carbocycles. The Kier molecular flexibility index (Phi) is 8.03. The van der Waals surface area contributed by atoms with Crippen molar-refractivity contribution >= 4 is 44.1 Å². The standard InChI is InChI=1S/C16H22N4O11P2/c17-7-29-33(26,27)31-9-30-32(24,25)28-6-15(22)20-4-3-10-11-5-13(16(23)18-8-21)19-12(11)1-2-14(10)20/h1-2,5,19,21H,3-4,6-9,17H2,(H,18,23)(H,24,25)(H,26,27). The van der Waals surface area contributed by atoms with Crippen LogP contribution in [0.1, 0.15) is 16.1 Å². The smallest absolute Gasteiger partial charge is 0.376 e. The molecule has 7 N–H and O–H groups in total. The zero-order valence-electron chi connectivity index (χ0n) is 17.0. The molecule has 3 rings (SSSR count). The number of carbonyl (C=O) groups is 2. The molecule has 0 spiro atoms. The molecular weight excluding hydrogens is 486 g/mol. The van der Waals surface area contributed by atoms with Crippen molar-refractivity contribution in [2.45, 2.75) is 6.42 Å². The van der Waals surface area contributed by atoms with Gasteiger partial charge in [0.2, 0.25) is 0 Å². The Balaban J connectivity index is 1.62. The minimum absolute atomic E-state index is 0.241. The number of aliphatic hydroxyl groups excluding tert-OH is 1. The summed E-state index contributed by atoms with van der Waals surface area (Å²) in [5.41, 5.74) is 7.16. The summed E-state index contributed by atoms with van der Waals surface area (Å²) in [6.45, 7) is -2.82. The third-order valence-corrected chi connectivity index (χ3v) is 6.37. The predicted molar refractivity (Wildman–Crippen MR) is 112 cm³/mol. The summed E-state index contributed by atoms with van der Waals surface area (Å²) in [7, 11) is -9.34. The third kappa shape index (κ3) is 6.25. The van der Waals surface area contributed by atoms with Gasteiger partial charge in [0.1, 0.15) is 25.8 Å². The number of nitrogens with two attached hydrogens (primary N) is 1. The van der Waals surface area contributed by atoms with Crippen molar-refractivity contribution in [1.29, 1.82) is 0 Å². The van der Waals surface area contributed by atoms with Crippen LogP contribution >= 0.6 is 15.6 Å². The zero-order chi connectivity index (χ0) is 24.2. The molecule has 2 atom stereocenters. The predicted octanol–water partition coefficient (Wildman–Crippen LogP) is -0.122. The fraction of sp³-hybridized carbons (Fsp3) is 0.375. The van der Waals surface area contributed by atoms with Gasteiger partial charge in [-0.05, 0) is 30.2 Å². The second-order valence-corrected chi connectivity index (χ2v) is 9.46. The summed E-state index contributed by atoms with van der Waals surface area (Å²) in [4.78, 5) is 47.6. The molecule has 2 aromatic rings. The van der Waals surface area contributed by atoms with Gasteiger partial charge < -0.3 is 35.8 Å². The lowest BCUT2D eigenvalue weighted by Gasteiger charge is -2.19. The quantitative estimate of drug-likeness (QED) is 0.173. The monoisotopic (exact) mass is 508 g/mol. The maximum atomic E-state index is 12.6. The van der Waals surface area contributed by atoms with E-state index in [9.17, 15) is 23.6 Å². The van der Waals surface area contributed by atoms with Crippen LogP contribution in [0.4, 0.5) is 5.69 Å². The molecular formula is C16H22N4O11P2. The number of H-pyrrole nitrogens is 1. The average molecular weight is 508 g/mol. The molecule has 0 radical (unpaired) electrons. The topological polar surface area (TPSA) is 223 Å². The van der Waals surface area contributed by atoms with Gasteiger partial charge in [-0.3, -0.25) is 27.7 Å². The number of aromatic amines is 1. The number of carbonyl (C=O) groups excluding carboxylic acids is 2. The van der Waals surface area contributed by atoms with Gasteiger partial charge in [0.25, 0.3) is 11.8 Å². The van der Waals surface area contributed by atoms with E-state index in [4.69, 9.17) is 15.7 Å². The minimum atomic E-state index is -4.79. The van der Waals surface area contributed by atoms with Crippen molar-refractivity contribution in [3.05, 3.63) is 29.5 Å². The molecule has 2 heterocycles. The number of nitrogens with zero attached hydrogens (tertiary/aromatic N) is 1. The van der Waals surface area contributed by atoms with E-state index in [0.717, 1.165) is 5.56 Å². The Morgan fingerprint density at radius 2 is 1.85 bits per heavy atom. The van der Waals surface area contributed by atoms with Crippen LogP contribution in [0.2, 0.25) is 0 Å². The van der Waals surface area contributed by atoms with E-state index in [1.807, 2.05) is 0 Å². The number of benzene rings is 1. The second kappa shape index (κ2) is 10.4. The van der Waals surface area contributed by atoms with Crippen molar-refractivity contribution < 1.29 is 51.7 Å². The van der Waals surface area contributed by atoms with Crippen LogP contribution in [0.25, 0.3) is 10.9 Å². The molecule has 2 unspecified atom stereocenters. The fourth-order valence-electron chi connectivity index (χ4n) is 3.20. The largest absolute Gasteiger partial charge is 0.475 e. The van der Waals surface area contributed by atoms with Gasteiger partial charge in [0.15, 0.2) is 6.79 Å². The molecule has 0 fully saturated rings. The number of aromatic nitrogens is 1. The number of phosphoric acid groups is 2. The summed E-state index contributed by atoms with van der Waals surface area (Å²) in [6, 6.07) is 4.93. The normalized spacial score (nSPS) is 16.9. The van der Waals surface area contributed by atoms with Crippen LogP contribution in [0.5, 0.6) is 0 Å². The number of aliphatic hydroxyl groups is 1. The van der Waals surface area contributed by atoms with Gasteiger partial charge >= 0.3 is 15.6 Å². The van der Waals surface area contributed by atoms with Gasteiger partial charge in [-0.1, -0.05) is 0 Å². The first-order valence-electron chi connectivity index (χ1n) is 9.35. The number of hydrogen-bond donors (Lipinski definition) is 6. The maximum absolute atomic E-state index is 12.6. The number of hydrogen-bond acceptors (Lipinski definition) is 10. The number of rotatable bonds is 11. The SMILES string of the molecule is NCOP(=O)(O)OCOP(=O)(O)OCC(=O)N1CCc2c1ccc1[nH]c(C(=O)NCO)cc21. The van der Waals surface area contributed by atoms with Gasteiger partial charge in [-0.2, -0.15) is 0 Å². The van der Waals surface area contributed by atoms with Crippen molar-refractivity contribution in [2.75, 3.05) is 38.3 Å². The van der Waals surface area contributed by atoms with Crippen LogP contribution in [0, 0.1) is 0 Å². The van der Waals surface area contributed by atoms with Gasteiger partial charge in [0, 0.05) is 23.1 Å². The van der Waals surface area contributed by atoms with Crippen LogP contribution < -0.4 is 16.0 Å². The lowest BCUT2D eigenvalue weighted by molar-refractivity contribution is -0.121. The summed E-state index contributed by atoms with van der Waals surface area (Å²) in [5.74, 6) is -1.13. The zero-order valence-corrected chi connectivity index (χ0v) is 18.8. The summed E-state index contributed by atoms with van der Waals surface area (Å²) in [6.07, 6.45) is 0.464. The van der Waals surface area contributed by atoms with Gasteiger partial charge in [0.05, 0.1) is 0 Å². The lowest BCUT2D eigenvalue weighted by atomic mass is 10.1. The molecule has 15 nitrogen and oxygen atoms in total. The van der Waals surface area contributed by atoms with Crippen molar-refractivity contribution in [3.63, 3.8) is 0 Å². The molecule has 1 aliphatic rings. The van der Waals surface area contributed by atoms with Gasteiger partial charge in [-0.25, -0.2) is 9.13 Å². The first-order valence-corrected chi connectivity index (χ1v) is 12.3. The average Bonchev–Trinajstić information content (AvgIpc) is 3.36. The Labute approximate surface area is 186 Å². The Hall–Kier alpha value is -2.16. The molecule has 2 amide bonds. The third-order valence-electron chi connectivity index (χ3n) is 4.57. The molecule has 182 valence electrons. The van der Waals surface area contributed by atoms with E-state index in [1.165, 1.54) is 4.90 Å². The van der Waals surface area contributed by atoms with E-state index in [2.05, 4.69) is 28.4 Å². The minimum Gasteiger partial charge on any atom is -0.376 e. The van der Waals surface area contributed by atoms with Crippen LogP contribution in [0.3, 0.4) is 0 Å². The number of phosphoric ester groups is 2. The van der Waals surface area contributed by atoms with Crippen LogP contribution in [-0.4, -0.2) is 65.1 Å². The maximum Gasteiger partial charge on any atom is 0.475 e. The molecule has 17 heteroatoms. The molecule has 1 aromatic heterocycles. The molecule has 1 aliphatic heterocycles. The lowest BCUT2D eigenvalue weighted by Crippen LogP contribution is -2.32. The van der Waals surface area contributed by atoms with E-state index >= 15 is 0 Å². The molecule has 0 saturated carbocycles. The van der Waals surface area contributed by atoms with E-state index < -0.39 is 54.3 Å². The highest BCUT2D eigenvalue weighted by molar-refractivity contribution is 7.48. The van der Waals surface area contributed by atoms with Crippen LogP contribution in [-0.2, 0) is 38.4 Å². The van der Waals surface area contributed by atoms with E-state index in [0.29, 0.717) is 23.0 Å². The number of amides is 2.